The second-order valence-electron chi connectivity index (χ2n) is 6.32. The normalized spacial score (nSPS) is 23.4. The van der Waals surface area contributed by atoms with E-state index in [0.717, 1.165) is 70.0 Å². The lowest BCUT2D eigenvalue weighted by Crippen LogP contribution is -2.42. The number of nitrogens with one attached hydrogen (secondary N) is 1. The molecule has 0 bridgehead atoms. The van der Waals surface area contributed by atoms with Gasteiger partial charge in [0.25, 0.3) is 0 Å². The Morgan fingerprint density at radius 3 is 2.96 bits per heavy atom. The number of guanidine groups is 1. The number of morpholine rings is 1. The van der Waals surface area contributed by atoms with Gasteiger partial charge in [-0.2, -0.15) is 0 Å². The van der Waals surface area contributed by atoms with Crippen molar-refractivity contribution in [1.29, 1.82) is 0 Å². The maximum Gasteiger partial charge on any atom is 0.193 e. The summed E-state index contributed by atoms with van der Waals surface area (Å²) in [4.78, 5) is 9.35. The first-order chi connectivity index (χ1) is 11.3. The number of aliphatic imine (C=N–C) groups is 1. The molecule has 0 radical (unpaired) electrons. The molecule has 1 unspecified atom stereocenters. The van der Waals surface area contributed by atoms with Gasteiger partial charge in [0.15, 0.2) is 5.96 Å². The zero-order valence-electron chi connectivity index (χ0n) is 14.0. The van der Waals surface area contributed by atoms with Crippen LogP contribution in [0, 0.1) is 5.92 Å². The van der Waals surface area contributed by atoms with E-state index in [1.807, 2.05) is 19.2 Å². The van der Waals surface area contributed by atoms with Gasteiger partial charge in [-0.25, -0.2) is 0 Å². The first-order valence-corrected chi connectivity index (χ1v) is 8.63. The van der Waals surface area contributed by atoms with Gasteiger partial charge in [-0.15, -0.1) is 0 Å². The van der Waals surface area contributed by atoms with Crippen molar-refractivity contribution in [3.63, 3.8) is 0 Å². The molecule has 23 heavy (non-hydrogen) atoms. The molecular weight excluding hydrogens is 292 g/mol. The molecule has 2 aliphatic heterocycles. The van der Waals surface area contributed by atoms with Crippen LogP contribution in [0.2, 0.25) is 0 Å². The van der Waals surface area contributed by atoms with Crippen LogP contribution in [0.4, 0.5) is 0 Å². The molecule has 0 saturated carbocycles. The van der Waals surface area contributed by atoms with Crippen molar-refractivity contribution in [3.8, 4) is 0 Å². The first kappa shape index (κ1) is 16.3. The summed E-state index contributed by atoms with van der Waals surface area (Å²) in [6.45, 7) is 8.14. The minimum atomic E-state index is 0.733. The lowest BCUT2D eigenvalue weighted by atomic mass is 10.1. The van der Waals surface area contributed by atoms with Crippen molar-refractivity contribution in [1.82, 2.24) is 15.1 Å². The Kier molecular flexibility index (Phi) is 5.93. The molecule has 0 amide bonds. The highest BCUT2D eigenvalue weighted by Crippen LogP contribution is 2.18. The molecule has 2 fully saturated rings. The maximum atomic E-state index is 5.43. The summed E-state index contributed by atoms with van der Waals surface area (Å²) in [7, 11) is 1.87. The monoisotopic (exact) mass is 320 g/mol. The highest BCUT2D eigenvalue weighted by Gasteiger charge is 2.26. The summed E-state index contributed by atoms with van der Waals surface area (Å²) in [5.74, 6) is 2.76. The zero-order chi connectivity index (χ0) is 15.9. The molecule has 6 nitrogen and oxygen atoms in total. The largest absolute Gasteiger partial charge is 0.469 e. The predicted molar refractivity (Wildman–Crippen MR) is 90.7 cm³/mol. The Hall–Kier alpha value is -1.53. The van der Waals surface area contributed by atoms with Crippen LogP contribution in [0.25, 0.3) is 0 Å². The molecule has 1 aromatic rings. The smallest absolute Gasteiger partial charge is 0.193 e. The van der Waals surface area contributed by atoms with Gasteiger partial charge in [0.2, 0.25) is 0 Å². The number of ether oxygens (including phenoxy) is 1. The quantitative estimate of drug-likeness (QED) is 0.649. The van der Waals surface area contributed by atoms with Crippen LogP contribution in [-0.2, 0) is 11.2 Å². The standard InChI is InChI=1S/C17H28N4O2/c1-18-17(19-6-4-16-3-2-10-23-16)21-7-5-15(14-21)13-20-8-11-22-12-9-20/h2-3,10,15H,4-9,11-14H2,1H3,(H,18,19). The Morgan fingerprint density at radius 1 is 1.35 bits per heavy atom. The van der Waals surface area contributed by atoms with Gasteiger partial charge in [0.05, 0.1) is 19.5 Å². The molecule has 1 atom stereocenters. The van der Waals surface area contributed by atoms with Gasteiger partial charge in [-0.1, -0.05) is 0 Å². The molecule has 1 aromatic heterocycles. The van der Waals surface area contributed by atoms with E-state index in [4.69, 9.17) is 9.15 Å². The van der Waals surface area contributed by atoms with E-state index in [9.17, 15) is 0 Å². The van der Waals surface area contributed by atoms with Gasteiger partial charge in [-0.05, 0) is 24.5 Å². The predicted octanol–water partition coefficient (Wildman–Crippen LogP) is 1.05. The molecule has 128 valence electrons. The van der Waals surface area contributed by atoms with E-state index in [2.05, 4.69) is 20.1 Å². The lowest BCUT2D eigenvalue weighted by Gasteiger charge is -2.29. The van der Waals surface area contributed by atoms with Crippen LogP contribution in [0.3, 0.4) is 0 Å². The van der Waals surface area contributed by atoms with Crippen LogP contribution in [-0.4, -0.2) is 75.3 Å². The third kappa shape index (κ3) is 4.72. The fourth-order valence-electron chi connectivity index (χ4n) is 3.41. The molecule has 2 aliphatic rings. The number of nitrogens with zero attached hydrogens (tertiary/aromatic N) is 3. The first-order valence-electron chi connectivity index (χ1n) is 8.63. The van der Waals surface area contributed by atoms with Crippen LogP contribution in [0.1, 0.15) is 12.2 Å². The van der Waals surface area contributed by atoms with E-state index < -0.39 is 0 Å². The molecule has 3 rings (SSSR count). The maximum absolute atomic E-state index is 5.43. The van der Waals surface area contributed by atoms with Crippen LogP contribution in [0.5, 0.6) is 0 Å². The van der Waals surface area contributed by atoms with E-state index in [1.165, 1.54) is 13.0 Å². The molecular formula is C17H28N4O2. The van der Waals surface area contributed by atoms with Crippen LogP contribution >= 0.6 is 0 Å². The van der Waals surface area contributed by atoms with Crippen molar-refractivity contribution >= 4 is 5.96 Å². The van der Waals surface area contributed by atoms with Crippen molar-refractivity contribution in [3.05, 3.63) is 24.2 Å². The number of likely N-dealkylation sites (tertiary alicyclic amines) is 1. The second kappa shape index (κ2) is 8.36. The molecule has 2 saturated heterocycles. The molecule has 0 spiro atoms. The summed E-state index contributed by atoms with van der Waals surface area (Å²) >= 11 is 0. The Labute approximate surface area is 138 Å². The lowest BCUT2D eigenvalue weighted by molar-refractivity contribution is 0.0315. The minimum Gasteiger partial charge on any atom is -0.469 e. The van der Waals surface area contributed by atoms with Gasteiger partial charge < -0.3 is 19.4 Å². The van der Waals surface area contributed by atoms with Gasteiger partial charge >= 0.3 is 0 Å². The highest BCUT2D eigenvalue weighted by atomic mass is 16.5. The summed E-state index contributed by atoms with van der Waals surface area (Å²) in [6, 6.07) is 3.94. The molecule has 0 aliphatic carbocycles. The number of hydrogen-bond donors (Lipinski definition) is 1. The number of rotatable bonds is 5. The highest BCUT2D eigenvalue weighted by molar-refractivity contribution is 5.80. The SMILES string of the molecule is CN=C(NCCc1ccco1)N1CCC(CN2CCOCC2)C1. The van der Waals surface area contributed by atoms with E-state index in [1.54, 1.807) is 6.26 Å². The van der Waals surface area contributed by atoms with Crippen LogP contribution < -0.4 is 5.32 Å². The Morgan fingerprint density at radius 2 is 2.22 bits per heavy atom. The van der Waals surface area contributed by atoms with Crippen molar-refractivity contribution in [2.75, 3.05) is 59.5 Å². The number of furan rings is 1. The fraction of sp³-hybridized carbons (Fsp3) is 0.706. The van der Waals surface area contributed by atoms with Gasteiger partial charge in [-0.3, -0.25) is 9.89 Å². The molecule has 1 N–H and O–H groups in total. The average molecular weight is 320 g/mol. The third-order valence-electron chi connectivity index (χ3n) is 4.65. The Bertz CT molecular complexity index is 483. The van der Waals surface area contributed by atoms with Crippen molar-refractivity contribution in [2.45, 2.75) is 12.8 Å². The fourth-order valence-corrected chi connectivity index (χ4v) is 3.41. The molecule has 6 heteroatoms. The second-order valence-corrected chi connectivity index (χ2v) is 6.32. The molecule has 3 heterocycles. The van der Waals surface area contributed by atoms with E-state index in [0.29, 0.717) is 0 Å². The number of hydrogen-bond acceptors (Lipinski definition) is 4. The third-order valence-corrected chi connectivity index (χ3v) is 4.65. The van der Waals surface area contributed by atoms with Gasteiger partial charge in [0, 0.05) is 52.7 Å². The summed E-state index contributed by atoms with van der Waals surface area (Å²) in [5.41, 5.74) is 0. The van der Waals surface area contributed by atoms with Crippen molar-refractivity contribution in [2.24, 2.45) is 10.9 Å². The van der Waals surface area contributed by atoms with Crippen LogP contribution in [0.15, 0.2) is 27.8 Å². The van der Waals surface area contributed by atoms with E-state index >= 15 is 0 Å². The van der Waals surface area contributed by atoms with Gasteiger partial charge in [0.1, 0.15) is 5.76 Å². The summed E-state index contributed by atoms with van der Waals surface area (Å²) < 4.78 is 10.8. The zero-order valence-corrected chi connectivity index (χ0v) is 14.0. The topological polar surface area (TPSA) is 53.2 Å². The summed E-state index contributed by atoms with van der Waals surface area (Å²) in [5, 5.41) is 3.46. The molecule has 0 aromatic carbocycles. The van der Waals surface area contributed by atoms with Crippen molar-refractivity contribution < 1.29 is 9.15 Å². The Balaban J connectivity index is 1.40. The average Bonchev–Trinajstić information content (AvgIpc) is 3.25. The summed E-state index contributed by atoms with van der Waals surface area (Å²) in [6.07, 6.45) is 3.86. The minimum absolute atomic E-state index is 0.733. The van der Waals surface area contributed by atoms with E-state index in [-0.39, 0.29) is 0 Å².